The molecule has 29 heavy (non-hydrogen) atoms. The van der Waals surface area contributed by atoms with E-state index in [4.69, 9.17) is 0 Å². The van der Waals surface area contributed by atoms with Gasteiger partial charge in [0.15, 0.2) is 11.6 Å². The first-order valence-electron chi connectivity index (χ1n) is 9.34. The first kappa shape index (κ1) is 20.7. The van der Waals surface area contributed by atoms with E-state index in [1.165, 1.54) is 28.9 Å². The highest BCUT2D eigenvalue weighted by atomic mass is 32.2. The molecule has 1 aromatic heterocycles. The molecule has 1 aliphatic heterocycles. The van der Waals surface area contributed by atoms with Crippen LogP contribution < -0.4 is 5.01 Å². The van der Waals surface area contributed by atoms with Crippen molar-refractivity contribution in [3.8, 4) is 0 Å². The number of aromatic nitrogens is 3. The topological polar surface area (TPSA) is 111 Å². The predicted octanol–water partition coefficient (Wildman–Crippen LogP) is 3.60. The van der Waals surface area contributed by atoms with Gasteiger partial charge in [-0.25, -0.2) is 9.69 Å². The van der Waals surface area contributed by atoms with E-state index in [0.29, 0.717) is 46.4 Å². The molecule has 0 fully saturated rings. The molecule has 0 unspecified atom stereocenters. The van der Waals surface area contributed by atoms with Crippen molar-refractivity contribution in [3.63, 3.8) is 0 Å². The fourth-order valence-electron chi connectivity index (χ4n) is 3.05. The summed E-state index contributed by atoms with van der Waals surface area (Å²) in [6.07, 6.45) is 1.88. The molecular formula is C19H21N5O4S. The number of nitro benzene ring substituents is 1. The number of carbonyl (C=O) groups is 2. The van der Waals surface area contributed by atoms with E-state index in [0.717, 1.165) is 0 Å². The summed E-state index contributed by atoms with van der Waals surface area (Å²) in [5, 5.41) is 21.1. The lowest BCUT2D eigenvalue weighted by atomic mass is 10.1. The fraction of sp³-hybridized carbons (Fsp3) is 0.368. The Morgan fingerprint density at radius 1 is 1.10 bits per heavy atom. The van der Waals surface area contributed by atoms with Gasteiger partial charge in [0, 0.05) is 30.5 Å². The second kappa shape index (κ2) is 8.56. The SMILES string of the molecule is CCCC(=O)C1=C(c2ccc([N+](=O)[O-])cc2)N(C(=O)CCC)n2c(C)nnc2S1. The van der Waals surface area contributed by atoms with Crippen LogP contribution in [0.25, 0.3) is 5.70 Å². The number of rotatable bonds is 7. The van der Waals surface area contributed by atoms with Gasteiger partial charge in [-0.2, -0.15) is 0 Å². The third-order valence-corrected chi connectivity index (χ3v) is 5.43. The van der Waals surface area contributed by atoms with Gasteiger partial charge in [0.05, 0.1) is 15.5 Å². The van der Waals surface area contributed by atoms with Crippen LogP contribution >= 0.6 is 11.8 Å². The van der Waals surface area contributed by atoms with Crippen molar-refractivity contribution in [2.45, 2.75) is 51.6 Å². The highest BCUT2D eigenvalue weighted by Crippen LogP contribution is 2.40. The minimum absolute atomic E-state index is 0.0631. The van der Waals surface area contributed by atoms with Crippen LogP contribution in [0.1, 0.15) is 50.9 Å². The summed E-state index contributed by atoms with van der Waals surface area (Å²) < 4.78 is 1.60. The number of allylic oxidation sites excluding steroid dienone is 1. The number of amides is 1. The number of Topliss-reactive ketones (excluding diaryl/α,β-unsaturated/α-hetero) is 1. The number of fused-ring (bicyclic) bond motifs is 1. The Morgan fingerprint density at radius 2 is 1.76 bits per heavy atom. The van der Waals surface area contributed by atoms with Crippen LogP contribution in [0.3, 0.4) is 0 Å². The number of carbonyl (C=O) groups excluding carboxylic acids is 2. The van der Waals surface area contributed by atoms with E-state index in [1.54, 1.807) is 23.7 Å². The molecule has 0 saturated heterocycles. The number of benzene rings is 1. The zero-order chi connectivity index (χ0) is 21.1. The summed E-state index contributed by atoms with van der Waals surface area (Å²) in [6, 6.07) is 5.85. The zero-order valence-electron chi connectivity index (χ0n) is 16.4. The third kappa shape index (κ3) is 3.93. The van der Waals surface area contributed by atoms with Gasteiger partial charge in [0.25, 0.3) is 5.69 Å². The maximum atomic E-state index is 13.1. The maximum Gasteiger partial charge on any atom is 0.269 e. The van der Waals surface area contributed by atoms with Crippen LogP contribution in [0.5, 0.6) is 0 Å². The van der Waals surface area contributed by atoms with Crippen molar-refractivity contribution < 1.29 is 14.5 Å². The lowest BCUT2D eigenvalue weighted by Gasteiger charge is -2.33. The van der Waals surface area contributed by atoms with E-state index in [1.807, 2.05) is 13.8 Å². The Bertz CT molecular complexity index is 997. The molecule has 152 valence electrons. The highest BCUT2D eigenvalue weighted by Gasteiger charge is 2.35. The lowest BCUT2D eigenvalue weighted by Crippen LogP contribution is -2.42. The molecule has 0 N–H and O–H groups in total. The van der Waals surface area contributed by atoms with Crippen LogP contribution in [0.4, 0.5) is 5.69 Å². The van der Waals surface area contributed by atoms with Gasteiger partial charge >= 0.3 is 0 Å². The average molecular weight is 415 g/mol. The molecule has 2 aromatic rings. The Labute approximate surface area is 171 Å². The van der Waals surface area contributed by atoms with Crippen molar-refractivity contribution in [2.24, 2.45) is 0 Å². The van der Waals surface area contributed by atoms with Crippen LogP contribution in [-0.2, 0) is 9.59 Å². The van der Waals surface area contributed by atoms with E-state index < -0.39 is 4.92 Å². The second-order valence-electron chi connectivity index (χ2n) is 6.55. The second-order valence-corrected chi connectivity index (χ2v) is 7.53. The third-order valence-electron chi connectivity index (χ3n) is 4.37. The molecule has 0 radical (unpaired) electrons. The number of thioether (sulfide) groups is 1. The summed E-state index contributed by atoms with van der Waals surface area (Å²) in [5.74, 6) is 0.206. The smallest absolute Gasteiger partial charge is 0.269 e. The molecule has 1 amide bonds. The van der Waals surface area contributed by atoms with Gasteiger partial charge in [-0.3, -0.25) is 19.7 Å². The zero-order valence-corrected chi connectivity index (χ0v) is 17.2. The Morgan fingerprint density at radius 3 is 2.34 bits per heavy atom. The number of nitro groups is 1. The predicted molar refractivity (Wildman–Crippen MR) is 109 cm³/mol. The van der Waals surface area contributed by atoms with Crippen molar-refractivity contribution in [1.29, 1.82) is 0 Å². The van der Waals surface area contributed by atoms with Crippen LogP contribution in [0.15, 0.2) is 34.3 Å². The molecule has 10 heteroatoms. The molecule has 0 aliphatic carbocycles. The first-order valence-corrected chi connectivity index (χ1v) is 10.2. The van der Waals surface area contributed by atoms with Gasteiger partial charge in [0.1, 0.15) is 0 Å². The number of ketones is 1. The Hall–Kier alpha value is -3.01. The van der Waals surface area contributed by atoms with Gasteiger partial charge in [-0.1, -0.05) is 13.8 Å². The van der Waals surface area contributed by atoms with E-state index in [-0.39, 0.29) is 23.8 Å². The maximum absolute atomic E-state index is 13.1. The van der Waals surface area contributed by atoms with Crippen molar-refractivity contribution >= 4 is 34.8 Å². The van der Waals surface area contributed by atoms with Gasteiger partial charge < -0.3 is 0 Å². The molecule has 2 heterocycles. The van der Waals surface area contributed by atoms with Crippen molar-refractivity contribution in [2.75, 3.05) is 5.01 Å². The monoisotopic (exact) mass is 415 g/mol. The van der Waals surface area contributed by atoms with Crippen molar-refractivity contribution in [1.82, 2.24) is 14.9 Å². The number of aryl methyl sites for hydroxylation is 1. The summed E-state index contributed by atoms with van der Waals surface area (Å²) in [7, 11) is 0. The number of hydrogen-bond donors (Lipinski definition) is 0. The molecule has 1 aromatic carbocycles. The Balaban J connectivity index is 2.23. The normalized spacial score (nSPS) is 13.4. The molecule has 0 bridgehead atoms. The molecule has 1 aliphatic rings. The minimum Gasteiger partial charge on any atom is -0.294 e. The first-order chi connectivity index (χ1) is 13.9. The largest absolute Gasteiger partial charge is 0.294 e. The standard InChI is InChI=1S/C19H21N5O4S/c1-4-6-15(25)18-17(13-8-10-14(11-9-13)24(27)28)23(16(26)7-5-2)22-12(3)20-21-19(22)29-18/h8-11H,4-7H2,1-3H3. The minimum atomic E-state index is -0.487. The van der Waals surface area contributed by atoms with Crippen LogP contribution in [0, 0.1) is 17.0 Å². The number of nitrogens with zero attached hydrogens (tertiary/aromatic N) is 5. The van der Waals surface area contributed by atoms with Gasteiger partial charge in [0.2, 0.25) is 11.1 Å². The van der Waals surface area contributed by atoms with E-state index in [9.17, 15) is 19.7 Å². The van der Waals surface area contributed by atoms with Crippen LogP contribution in [0.2, 0.25) is 0 Å². The summed E-state index contributed by atoms with van der Waals surface area (Å²) in [6.45, 7) is 5.54. The van der Waals surface area contributed by atoms with Gasteiger partial charge in [-0.05, 0) is 43.7 Å². The summed E-state index contributed by atoms with van der Waals surface area (Å²) >= 11 is 1.17. The van der Waals surface area contributed by atoms with Crippen LogP contribution in [-0.4, -0.2) is 31.5 Å². The molecule has 0 atom stereocenters. The molecular weight excluding hydrogens is 394 g/mol. The molecule has 9 nitrogen and oxygen atoms in total. The van der Waals surface area contributed by atoms with E-state index >= 15 is 0 Å². The van der Waals surface area contributed by atoms with Crippen molar-refractivity contribution in [3.05, 3.63) is 50.7 Å². The van der Waals surface area contributed by atoms with E-state index in [2.05, 4.69) is 10.2 Å². The molecule has 3 rings (SSSR count). The average Bonchev–Trinajstić information content (AvgIpc) is 3.07. The quantitative estimate of drug-likeness (QED) is 0.502. The fourth-order valence-corrected chi connectivity index (χ4v) is 4.13. The lowest BCUT2D eigenvalue weighted by molar-refractivity contribution is -0.384. The highest BCUT2D eigenvalue weighted by molar-refractivity contribution is 8.04. The Kier molecular flexibility index (Phi) is 6.12. The number of non-ortho nitro benzene ring substituents is 1. The number of hydrogen-bond acceptors (Lipinski definition) is 7. The molecule has 0 saturated carbocycles. The summed E-state index contributed by atoms with van der Waals surface area (Å²) in [4.78, 5) is 36.9. The van der Waals surface area contributed by atoms with Gasteiger partial charge in [-0.15, -0.1) is 10.2 Å². The molecule has 0 spiro atoms. The summed E-state index contributed by atoms with van der Waals surface area (Å²) in [5.41, 5.74) is 0.898.